The minimum Gasteiger partial charge on any atom is -0.271 e. The fraction of sp³-hybridized carbons (Fsp3) is 1.00. The first-order valence-corrected chi connectivity index (χ1v) is 7.23. The molecule has 0 aromatic rings. The van der Waals surface area contributed by atoms with Crippen LogP contribution in [0.3, 0.4) is 0 Å². The zero-order valence-corrected chi connectivity index (χ0v) is 9.52. The summed E-state index contributed by atoms with van der Waals surface area (Å²) in [5.41, 5.74) is 2.65. The predicted molar refractivity (Wildman–Crippen MR) is 57.4 cm³/mol. The lowest BCUT2D eigenvalue weighted by Gasteiger charge is -2.29. The van der Waals surface area contributed by atoms with Crippen LogP contribution < -0.4 is 11.3 Å². The van der Waals surface area contributed by atoms with Crippen LogP contribution in [0.2, 0.25) is 0 Å². The molecule has 1 aliphatic rings. The third-order valence-electron chi connectivity index (χ3n) is 2.92. The Morgan fingerprint density at radius 3 is 2.36 bits per heavy atom. The fourth-order valence-corrected chi connectivity index (χ4v) is 3.20. The summed E-state index contributed by atoms with van der Waals surface area (Å²) in [6, 6.07) is -0.0645. The highest BCUT2D eigenvalue weighted by molar-refractivity contribution is 7.90. The van der Waals surface area contributed by atoms with Crippen LogP contribution in [0.15, 0.2) is 0 Å². The molecule has 0 saturated heterocycles. The average Bonchev–Trinajstić information content (AvgIpc) is 2.14. The molecule has 0 radical (unpaired) electrons. The van der Waals surface area contributed by atoms with E-state index in [4.69, 9.17) is 5.84 Å². The van der Waals surface area contributed by atoms with Crippen LogP contribution in [0.25, 0.3) is 0 Å². The Morgan fingerprint density at radius 1 is 1.36 bits per heavy atom. The van der Waals surface area contributed by atoms with E-state index in [1.807, 2.05) is 0 Å². The van der Waals surface area contributed by atoms with Crippen LogP contribution in [-0.2, 0) is 9.84 Å². The van der Waals surface area contributed by atoms with Gasteiger partial charge >= 0.3 is 0 Å². The molecule has 0 aromatic carbocycles. The number of nitrogens with one attached hydrogen (secondary N) is 1. The Balaban J connectivity index is 2.52. The van der Waals surface area contributed by atoms with Crippen molar-refractivity contribution < 1.29 is 8.42 Å². The van der Waals surface area contributed by atoms with Gasteiger partial charge in [-0.15, -0.1) is 0 Å². The van der Waals surface area contributed by atoms with Crippen molar-refractivity contribution in [2.24, 2.45) is 11.8 Å². The Bertz CT molecular complexity index is 258. The molecule has 3 N–H and O–H groups in total. The van der Waals surface area contributed by atoms with Crippen LogP contribution in [0.1, 0.15) is 32.1 Å². The molecule has 1 atom stereocenters. The van der Waals surface area contributed by atoms with Gasteiger partial charge in [0.1, 0.15) is 9.84 Å². The van der Waals surface area contributed by atoms with E-state index in [1.165, 1.54) is 25.5 Å². The molecule has 14 heavy (non-hydrogen) atoms. The highest BCUT2D eigenvalue weighted by Crippen LogP contribution is 2.26. The van der Waals surface area contributed by atoms with E-state index in [0.717, 1.165) is 12.8 Å². The lowest BCUT2D eigenvalue weighted by atomic mass is 9.85. The van der Waals surface area contributed by atoms with E-state index < -0.39 is 9.84 Å². The van der Waals surface area contributed by atoms with Gasteiger partial charge in [-0.1, -0.05) is 19.3 Å². The zero-order valence-electron chi connectivity index (χ0n) is 8.70. The van der Waals surface area contributed by atoms with Gasteiger partial charge in [-0.25, -0.2) is 8.42 Å². The molecule has 0 amide bonds. The van der Waals surface area contributed by atoms with Crippen molar-refractivity contribution in [2.45, 2.75) is 38.1 Å². The molecule has 1 aliphatic carbocycles. The minimum atomic E-state index is -2.93. The molecule has 0 aliphatic heterocycles. The Labute approximate surface area is 86.1 Å². The van der Waals surface area contributed by atoms with E-state index in [0.29, 0.717) is 5.92 Å². The molecule has 1 unspecified atom stereocenters. The van der Waals surface area contributed by atoms with Crippen molar-refractivity contribution in [1.82, 2.24) is 5.43 Å². The van der Waals surface area contributed by atoms with E-state index in [2.05, 4.69) is 5.43 Å². The highest BCUT2D eigenvalue weighted by atomic mass is 32.2. The van der Waals surface area contributed by atoms with Gasteiger partial charge in [-0.05, 0) is 18.8 Å². The maximum absolute atomic E-state index is 11.1. The maximum atomic E-state index is 11.1. The second-order valence-electron chi connectivity index (χ2n) is 4.26. The third-order valence-corrected chi connectivity index (χ3v) is 3.88. The van der Waals surface area contributed by atoms with Gasteiger partial charge in [0.05, 0.1) is 5.75 Å². The lowest BCUT2D eigenvalue weighted by Crippen LogP contribution is -2.45. The number of hydrogen-bond donors (Lipinski definition) is 2. The van der Waals surface area contributed by atoms with Crippen molar-refractivity contribution in [1.29, 1.82) is 0 Å². The standard InChI is InChI=1S/C9H20N2O2S/c1-14(12,13)7-9(11-10)8-5-3-2-4-6-8/h8-9,11H,2-7,10H2,1H3. The summed E-state index contributed by atoms with van der Waals surface area (Å²) in [6.07, 6.45) is 7.14. The Hall–Kier alpha value is -0.130. The minimum absolute atomic E-state index is 0.0645. The van der Waals surface area contributed by atoms with E-state index in [1.54, 1.807) is 0 Å². The summed E-state index contributed by atoms with van der Waals surface area (Å²) in [5.74, 6) is 5.99. The maximum Gasteiger partial charge on any atom is 0.149 e. The van der Waals surface area contributed by atoms with Crippen LogP contribution in [0.5, 0.6) is 0 Å². The fourth-order valence-electron chi connectivity index (χ4n) is 2.18. The summed E-state index contributed by atoms with van der Waals surface area (Å²) in [6.45, 7) is 0. The SMILES string of the molecule is CS(=O)(=O)CC(NN)C1CCCCC1. The molecular weight excluding hydrogens is 200 g/mol. The first kappa shape index (κ1) is 11.9. The first-order chi connectivity index (χ1) is 6.53. The Morgan fingerprint density at radius 2 is 1.93 bits per heavy atom. The second kappa shape index (κ2) is 5.09. The number of nitrogens with two attached hydrogens (primary N) is 1. The molecule has 0 spiro atoms. The van der Waals surface area contributed by atoms with E-state index in [9.17, 15) is 8.42 Å². The van der Waals surface area contributed by atoms with E-state index >= 15 is 0 Å². The number of rotatable bonds is 4. The second-order valence-corrected chi connectivity index (χ2v) is 6.45. The number of sulfone groups is 1. The van der Waals surface area contributed by atoms with Gasteiger partial charge in [-0.2, -0.15) is 0 Å². The van der Waals surface area contributed by atoms with Gasteiger partial charge in [0, 0.05) is 12.3 Å². The van der Waals surface area contributed by atoms with Gasteiger partial charge in [0.2, 0.25) is 0 Å². The summed E-state index contributed by atoms with van der Waals surface area (Å²) in [5, 5.41) is 0. The largest absolute Gasteiger partial charge is 0.271 e. The van der Waals surface area contributed by atoms with Crippen LogP contribution in [-0.4, -0.2) is 26.5 Å². The van der Waals surface area contributed by atoms with Crippen LogP contribution >= 0.6 is 0 Å². The van der Waals surface area contributed by atoms with Crippen molar-refractivity contribution in [3.05, 3.63) is 0 Å². The first-order valence-electron chi connectivity index (χ1n) is 5.17. The van der Waals surface area contributed by atoms with Gasteiger partial charge in [0.15, 0.2) is 0 Å². The monoisotopic (exact) mass is 220 g/mol. The van der Waals surface area contributed by atoms with Crippen molar-refractivity contribution in [2.75, 3.05) is 12.0 Å². The molecule has 0 bridgehead atoms. The quantitative estimate of drug-likeness (QED) is 0.533. The smallest absolute Gasteiger partial charge is 0.149 e. The summed E-state index contributed by atoms with van der Waals surface area (Å²) < 4.78 is 22.3. The molecule has 5 heteroatoms. The number of hydrazine groups is 1. The topological polar surface area (TPSA) is 72.2 Å². The molecule has 84 valence electrons. The molecule has 0 heterocycles. The Kier molecular flexibility index (Phi) is 4.34. The lowest BCUT2D eigenvalue weighted by molar-refractivity contribution is 0.285. The summed E-state index contributed by atoms with van der Waals surface area (Å²) in [7, 11) is -2.93. The molecule has 1 fully saturated rings. The normalized spacial score (nSPS) is 22.1. The van der Waals surface area contributed by atoms with Gasteiger partial charge in [-0.3, -0.25) is 11.3 Å². The van der Waals surface area contributed by atoms with Crippen molar-refractivity contribution in [3.63, 3.8) is 0 Å². The third kappa shape index (κ3) is 3.94. The average molecular weight is 220 g/mol. The molecular formula is C9H20N2O2S. The van der Waals surface area contributed by atoms with Crippen molar-refractivity contribution in [3.8, 4) is 0 Å². The molecule has 4 nitrogen and oxygen atoms in total. The van der Waals surface area contributed by atoms with E-state index in [-0.39, 0.29) is 11.8 Å². The molecule has 1 rings (SSSR count). The van der Waals surface area contributed by atoms with Gasteiger partial charge < -0.3 is 0 Å². The van der Waals surface area contributed by atoms with Crippen LogP contribution in [0.4, 0.5) is 0 Å². The summed E-state index contributed by atoms with van der Waals surface area (Å²) in [4.78, 5) is 0. The van der Waals surface area contributed by atoms with Crippen molar-refractivity contribution >= 4 is 9.84 Å². The van der Waals surface area contributed by atoms with Gasteiger partial charge in [0.25, 0.3) is 0 Å². The molecule has 0 aromatic heterocycles. The molecule has 1 saturated carbocycles. The predicted octanol–water partition coefficient (Wildman–Crippen LogP) is 0.443. The highest BCUT2D eigenvalue weighted by Gasteiger charge is 2.25. The number of hydrogen-bond acceptors (Lipinski definition) is 4. The van der Waals surface area contributed by atoms with Crippen LogP contribution in [0, 0.1) is 5.92 Å². The zero-order chi connectivity index (χ0) is 10.6. The summed E-state index contributed by atoms with van der Waals surface area (Å²) >= 11 is 0.